The normalized spacial score (nSPS) is 18.4. The van der Waals surface area contributed by atoms with E-state index in [1.807, 2.05) is 31.3 Å². The molecule has 2 aromatic heterocycles. The van der Waals surface area contributed by atoms with E-state index < -0.39 is 0 Å². The smallest absolute Gasteiger partial charge is 0.222 e. The van der Waals surface area contributed by atoms with Crippen LogP contribution in [0.3, 0.4) is 0 Å². The summed E-state index contributed by atoms with van der Waals surface area (Å²) in [7, 11) is 0. The molecule has 3 heterocycles. The Bertz CT molecular complexity index is 879. The van der Waals surface area contributed by atoms with E-state index in [9.17, 15) is 4.79 Å². The number of pyridine rings is 1. The van der Waals surface area contributed by atoms with Gasteiger partial charge in [-0.2, -0.15) is 0 Å². The summed E-state index contributed by atoms with van der Waals surface area (Å²) >= 11 is 0. The maximum absolute atomic E-state index is 11.5. The molecule has 3 rings (SSSR count). The van der Waals surface area contributed by atoms with E-state index in [4.69, 9.17) is 11.5 Å². The standard InChI is InChI=1S/C18H22N6O/c1-3-4-14(23-11(2)19)13-9-22-18-16(13)15(5-7-21-18)24-8-6-12(10-24)17(20)25/h3-5,7,9,12H,2,6,8,10,19H2,1H3,(H2,20,25)(H,21,22)/b4-3-,23-14+. The summed E-state index contributed by atoms with van der Waals surface area (Å²) in [6, 6.07) is 1.95. The first-order chi connectivity index (χ1) is 12.0. The number of H-pyrrole nitrogens is 1. The largest absolute Gasteiger partial charge is 0.384 e. The third kappa shape index (κ3) is 3.26. The molecule has 0 aliphatic carbocycles. The number of aromatic nitrogens is 2. The van der Waals surface area contributed by atoms with Gasteiger partial charge < -0.3 is 21.4 Å². The van der Waals surface area contributed by atoms with Crippen LogP contribution in [0.25, 0.3) is 11.0 Å². The second-order valence-corrected chi connectivity index (χ2v) is 6.08. The van der Waals surface area contributed by atoms with E-state index in [0.717, 1.165) is 35.2 Å². The van der Waals surface area contributed by atoms with Gasteiger partial charge in [-0.05, 0) is 25.5 Å². The fourth-order valence-corrected chi connectivity index (χ4v) is 3.22. The van der Waals surface area contributed by atoms with Gasteiger partial charge in [0.25, 0.3) is 0 Å². The van der Waals surface area contributed by atoms with Crippen molar-refractivity contribution in [2.75, 3.05) is 18.0 Å². The minimum Gasteiger partial charge on any atom is -0.384 e. The lowest BCUT2D eigenvalue weighted by Gasteiger charge is -2.20. The average Bonchev–Trinajstić information content (AvgIpc) is 3.21. The summed E-state index contributed by atoms with van der Waals surface area (Å²) in [6.45, 7) is 6.97. The Balaban J connectivity index is 2.11. The van der Waals surface area contributed by atoms with Gasteiger partial charge in [-0.3, -0.25) is 4.79 Å². The summed E-state index contributed by atoms with van der Waals surface area (Å²) in [4.78, 5) is 25.6. The SMILES string of the molecule is C=C(N)/N=C(\C=C/C)c1c[nH]c2nccc(N3CCC(C(N)=O)C3)c12. The Morgan fingerprint density at radius 2 is 2.32 bits per heavy atom. The maximum atomic E-state index is 11.5. The van der Waals surface area contributed by atoms with Crippen molar-refractivity contribution in [2.24, 2.45) is 22.4 Å². The maximum Gasteiger partial charge on any atom is 0.222 e. The van der Waals surface area contributed by atoms with Gasteiger partial charge in [0.2, 0.25) is 5.91 Å². The second-order valence-electron chi connectivity index (χ2n) is 6.08. The molecule has 0 bridgehead atoms. The van der Waals surface area contributed by atoms with Gasteiger partial charge in [0.05, 0.1) is 22.7 Å². The number of nitrogens with two attached hydrogens (primary N) is 2. The van der Waals surface area contributed by atoms with Gasteiger partial charge in [-0.15, -0.1) is 0 Å². The van der Waals surface area contributed by atoms with Crippen LogP contribution in [0.2, 0.25) is 0 Å². The van der Waals surface area contributed by atoms with E-state index in [1.54, 1.807) is 6.20 Å². The molecular formula is C18H22N6O. The molecule has 1 aliphatic rings. The van der Waals surface area contributed by atoms with Crippen LogP contribution in [0.15, 0.2) is 48.0 Å². The molecule has 1 atom stereocenters. The van der Waals surface area contributed by atoms with Gasteiger partial charge in [-0.25, -0.2) is 9.98 Å². The number of carbonyl (C=O) groups is 1. The first-order valence-electron chi connectivity index (χ1n) is 8.17. The average molecular weight is 338 g/mol. The van der Waals surface area contributed by atoms with E-state index in [2.05, 4.69) is 26.4 Å². The molecule has 1 saturated heterocycles. The minimum atomic E-state index is -0.252. The highest BCUT2D eigenvalue weighted by Gasteiger charge is 2.28. The van der Waals surface area contributed by atoms with Crippen molar-refractivity contribution in [2.45, 2.75) is 13.3 Å². The predicted molar refractivity (Wildman–Crippen MR) is 100 cm³/mol. The quantitative estimate of drug-likeness (QED) is 0.720. The molecule has 0 aromatic carbocycles. The molecule has 25 heavy (non-hydrogen) atoms. The Hall–Kier alpha value is -3.09. The molecule has 7 nitrogen and oxygen atoms in total. The topological polar surface area (TPSA) is 113 Å². The van der Waals surface area contributed by atoms with E-state index in [0.29, 0.717) is 12.3 Å². The number of aromatic amines is 1. The molecule has 0 radical (unpaired) electrons. The van der Waals surface area contributed by atoms with Crippen LogP contribution >= 0.6 is 0 Å². The van der Waals surface area contributed by atoms with Crippen LogP contribution in [0.4, 0.5) is 5.69 Å². The third-order valence-corrected chi connectivity index (χ3v) is 4.35. The zero-order valence-electron chi connectivity index (χ0n) is 14.2. The fraction of sp³-hybridized carbons (Fsp3) is 0.278. The Morgan fingerprint density at radius 3 is 2.96 bits per heavy atom. The summed E-state index contributed by atoms with van der Waals surface area (Å²) in [5.41, 5.74) is 14.5. The molecule has 0 saturated carbocycles. The third-order valence-electron chi connectivity index (χ3n) is 4.35. The van der Waals surface area contributed by atoms with Crippen molar-refractivity contribution in [3.8, 4) is 0 Å². The van der Waals surface area contributed by atoms with E-state index >= 15 is 0 Å². The van der Waals surface area contributed by atoms with Gasteiger partial charge in [0.15, 0.2) is 0 Å². The van der Waals surface area contributed by atoms with Crippen LogP contribution in [-0.2, 0) is 4.79 Å². The van der Waals surface area contributed by atoms with Crippen molar-refractivity contribution in [3.63, 3.8) is 0 Å². The highest BCUT2D eigenvalue weighted by Crippen LogP contribution is 2.32. The molecule has 2 aromatic rings. The van der Waals surface area contributed by atoms with Crippen LogP contribution < -0.4 is 16.4 Å². The number of amides is 1. The van der Waals surface area contributed by atoms with Crippen LogP contribution in [0.5, 0.6) is 0 Å². The number of nitrogens with zero attached hydrogens (tertiary/aromatic N) is 3. The van der Waals surface area contributed by atoms with Crippen molar-refractivity contribution < 1.29 is 4.79 Å². The minimum absolute atomic E-state index is 0.127. The predicted octanol–water partition coefficient (Wildman–Crippen LogP) is 1.67. The summed E-state index contributed by atoms with van der Waals surface area (Å²) < 4.78 is 0. The van der Waals surface area contributed by atoms with E-state index in [-0.39, 0.29) is 17.6 Å². The van der Waals surface area contributed by atoms with Crippen LogP contribution in [0, 0.1) is 5.92 Å². The van der Waals surface area contributed by atoms with Crippen molar-refractivity contribution in [1.29, 1.82) is 0 Å². The lowest BCUT2D eigenvalue weighted by Crippen LogP contribution is -2.27. The van der Waals surface area contributed by atoms with Gasteiger partial charge in [0.1, 0.15) is 11.5 Å². The summed E-state index contributed by atoms with van der Waals surface area (Å²) in [5.74, 6) is -0.140. The molecule has 5 N–H and O–H groups in total. The van der Waals surface area contributed by atoms with Gasteiger partial charge in [-0.1, -0.05) is 12.7 Å². The number of hydrogen-bond acceptors (Lipinski definition) is 5. The second kappa shape index (κ2) is 6.80. The molecular weight excluding hydrogens is 316 g/mol. The number of anilines is 1. The zero-order valence-corrected chi connectivity index (χ0v) is 14.2. The summed E-state index contributed by atoms with van der Waals surface area (Å²) in [6.07, 6.45) is 8.16. The highest BCUT2D eigenvalue weighted by molar-refractivity contribution is 6.18. The molecule has 1 unspecified atom stereocenters. The lowest BCUT2D eigenvalue weighted by molar-refractivity contribution is -0.121. The first kappa shape index (κ1) is 16.8. The Labute approximate surface area is 146 Å². The van der Waals surface area contributed by atoms with Crippen molar-refractivity contribution in [3.05, 3.63) is 48.6 Å². The van der Waals surface area contributed by atoms with Gasteiger partial charge >= 0.3 is 0 Å². The van der Waals surface area contributed by atoms with Gasteiger partial charge in [0, 0.05) is 31.0 Å². The molecule has 130 valence electrons. The van der Waals surface area contributed by atoms with Crippen molar-refractivity contribution in [1.82, 2.24) is 9.97 Å². The number of allylic oxidation sites excluding steroid dienone is 2. The van der Waals surface area contributed by atoms with E-state index in [1.165, 1.54) is 0 Å². The number of fused-ring (bicyclic) bond motifs is 1. The molecule has 7 heteroatoms. The zero-order chi connectivity index (χ0) is 18.0. The lowest BCUT2D eigenvalue weighted by atomic mass is 10.1. The number of hydrogen-bond donors (Lipinski definition) is 3. The number of primary amides is 1. The summed E-state index contributed by atoms with van der Waals surface area (Å²) in [5, 5.41) is 0.950. The molecule has 1 amide bonds. The van der Waals surface area contributed by atoms with Crippen LogP contribution in [0.1, 0.15) is 18.9 Å². The number of nitrogens with one attached hydrogen (secondary N) is 1. The van der Waals surface area contributed by atoms with Crippen molar-refractivity contribution >= 4 is 28.3 Å². The molecule has 1 fully saturated rings. The monoisotopic (exact) mass is 338 g/mol. The molecule has 1 aliphatic heterocycles. The van der Waals surface area contributed by atoms with Crippen LogP contribution in [-0.4, -0.2) is 34.7 Å². The Morgan fingerprint density at radius 1 is 1.52 bits per heavy atom. The number of aliphatic imine (C=N–C) groups is 1. The number of carbonyl (C=O) groups excluding carboxylic acids is 1. The fourth-order valence-electron chi connectivity index (χ4n) is 3.22. The molecule has 0 spiro atoms. The first-order valence-corrected chi connectivity index (χ1v) is 8.17. The highest BCUT2D eigenvalue weighted by atomic mass is 16.1. The Kier molecular flexibility index (Phi) is 4.56. The number of rotatable bonds is 5.